The van der Waals surface area contributed by atoms with Crippen LogP contribution in [-0.4, -0.2) is 42.1 Å². The third-order valence-corrected chi connectivity index (χ3v) is 6.90. The Morgan fingerprint density at radius 3 is 2.50 bits per heavy atom. The Hall–Kier alpha value is -2.09. The van der Waals surface area contributed by atoms with Gasteiger partial charge in [0.25, 0.3) is 0 Å². The number of aromatic hydroxyl groups is 1. The number of hydrogen-bond donors (Lipinski definition) is 2. The molecule has 0 fully saturated rings. The normalized spacial score (nSPS) is 22.2. The Labute approximate surface area is 153 Å². The summed E-state index contributed by atoms with van der Waals surface area (Å²) in [5, 5.41) is 21.3. The lowest BCUT2D eigenvalue weighted by Crippen LogP contribution is -2.52. The standard InChI is InChI=1S/C19H23NO5S/c1-12(2)20-15(11-13-7-6-9-16(25-3)18(13)21)19(22)14-8-4-5-10-17(14)26(20,23)24/h4-10,12,15,19,21-22H,11H2,1-3H3/t15-,19-/m1/s1. The molecule has 6 nitrogen and oxygen atoms in total. The number of phenols is 1. The molecule has 0 radical (unpaired) electrons. The van der Waals surface area contributed by atoms with Crippen LogP contribution in [0.5, 0.6) is 11.5 Å². The minimum absolute atomic E-state index is 0.0397. The van der Waals surface area contributed by atoms with Gasteiger partial charge in [-0.15, -0.1) is 0 Å². The molecule has 140 valence electrons. The molecule has 3 rings (SSSR count). The number of para-hydroxylation sites is 1. The van der Waals surface area contributed by atoms with E-state index in [1.807, 2.05) is 0 Å². The molecular weight excluding hydrogens is 354 g/mol. The van der Waals surface area contributed by atoms with Crippen molar-refractivity contribution in [2.75, 3.05) is 7.11 Å². The SMILES string of the molecule is COc1cccc(C[C@@H]2[C@H](O)c3ccccc3S(=O)(=O)N2C(C)C)c1O. The lowest BCUT2D eigenvalue weighted by Gasteiger charge is -2.41. The maximum absolute atomic E-state index is 13.1. The van der Waals surface area contributed by atoms with Gasteiger partial charge in [-0.3, -0.25) is 0 Å². The zero-order chi connectivity index (χ0) is 19.1. The van der Waals surface area contributed by atoms with Crippen LogP contribution < -0.4 is 4.74 Å². The molecule has 1 aliphatic rings. The van der Waals surface area contributed by atoms with Crippen molar-refractivity contribution in [2.24, 2.45) is 0 Å². The largest absolute Gasteiger partial charge is 0.504 e. The molecule has 2 atom stereocenters. The molecule has 26 heavy (non-hydrogen) atoms. The zero-order valence-corrected chi connectivity index (χ0v) is 15.8. The van der Waals surface area contributed by atoms with Crippen LogP contribution in [0.4, 0.5) is 0 Å². The average molecular weight is 377 g/mol. The van der Waals surface area contributed by atoms with Crippen molar-refractivity contribution in [3.63, 3.8) is 0 Å². The molecule has 0 amide bonds. The van der Waals surface area contributed by atoms with Crippen molar-refractivity contribution in [3.05, 3.63) is 53.6 Å². The Kier molecular flexibility index (Phi) is 4.96. The summed E-state index contributed by atoms with van der Waals surface area (Å²) in [7, 11) is -2.30. The van der Waals surface area contributed by atoms with Gasteiger partial charge >= 0.3 is 0 Å². The first-order valence-corrected chi connectivity index (χ1v) is 9.88. The fraction of sp³-hybridized carbons (Fsp3) is 0.368. The number of rotatable bonds is 4. The number of ether oxygens (including phenoxy) is 1. The van der Waals surface area contributed by atoms with Gasteiger partial charge in [0.05, 0.1) is 24.2 Å². The number of benzene rings is 2. The van der Waals surface area contributed by atoms with Crippen LogP contribution in [0.25, 0.3) is 0 Å². The first-order valence-electron chi connectivity index (χ1n) is 8.44. The molecule has 2 aromatic carbocycles. The first kappa shape index (κ1) is 18.7. The predicted octanol–water partition coefficient (Wildman–Crippen LogP) is 2.46. The van der Waals surface area contributed by atoms with Crippen molar-refractivity contribution >= 4 is 10.0 Å². The third kappa shape index (κ3) is 2.96. The molecule has 1 aliphatic heterocycles. The van der Waals surface area contributed by atoms with E-state index in [1.54, 1.807) is 50.2 Å². The smallest absolute Gasteiger partial charge is 0.244 e. The van der Waals surface area contributed by atoms with E-state index < -0.39 is 22.2 Å². The highest BCUT2D eigenvalue weighted by atomic mass is 32.2. The second kappa shape index (κ2) is 6.90. The lowest BCUT2D eigenvalue weighted by atomic mass is 9.94. The second-order valence-corrected chi connectivity index (χ2v) is 8.46. The van der Waals surface area contributed by atoms with Crippen molar-refractivity contribution in [1.82, 2.24) is 4.31 Å². The van der Waals surface area contributed by atoms with Gasteiger partial charge in [0, 0.05) is 11.6 Å². The molecule has 0 spiro atoms. The van der Waals surface area contributed by atoms with E-state index in [1.165, 1.54) is 17.5 Å². The quantitative estimate of drug-likeness (QED) is 0.855. The molecule has 0 saturated carbocycles. The van der Waals surface area contributed by atoms with Crippen molar-refractivity contribution < 1.29 is 23.4 Å². The van der Waals surface area contributed by atoms with Gasteiger partial charge in [-0.25, -0.2) is 8.42 Å². The summed E-state index contributed by atoms with van der Waals surface area (Å²) < 4.78 is 32.7. The molecule has 2 aromatic rings. The Bertz CT molecular complexity index is 910. The highest BCUT2D eigenvalue weighted by Gasteiger charge is 2.45. The van der Waals surface area contributed by atoms with E-state index in [2.05, 4.69) is 0 Å². The van der Waals surface area contributed by atoms with Gasteiger partial charge in [0.2, 0.25) is 10.0 Å². The second-order valence-electron chi connectivity index (χ2n) is 6.65. The summed E-state index contributed by atoms with van der Waals surface area (Å²) in [6.07, 6.45) is -0.835. The van der Waals surface area contributed by atoms with E-state index in [0.29, 0.717) is 16.9 Å². The fourth-order valence-electron chi connectivity index (χ4n) is 3.58. The molecule has 0 unspecified atom stereocenters. The highest BCUT2D eigenvalue weighted by Crippen LogP contribution is 2.41. The van der Waals surface area contributed by atoms with Crippen LogP contribution in [-0.2, 0) is 16.4 Å². The van der Waals surface area contributed by atoms with Crippen molar-refractivity contribution in [2.45, 2.75) is 43.4 Å². The monoisotopic (exact) mass is 377 g/mol. The number of hydrogen-bond acceptors (Lipinski definition) is 5. The molecular formula is C19H23NO5S. The minimum Gasteiger partial charge on any atom is -0.504 e. The minimum atomic E-state index is -3.75. The summed E-state index contributed by atoms with van der Waals surface area (Å²) in [6, 6.07) is 10.5. The van der Waals surface area contributed by atoms with Crippen LogP contribution in [0, 0.1) is 0 Å². The first-order chi connectivity index (χ1) is 12.3. The number of nitrogens with zero attached hydrogens (tertiary/aromatic N) is 1. The van der Waals surface area contributed by atoms with E-state index >= 15 is 0 Å². The van der Waals surface area contributed by atoms with Crippen molar-refractivity contribution in [3.8, 4) is 11.5 Å². The summed E-state index contributed by atoms with van der Waals surface area (Å²) in [5.41, 5.74) is 0.908. The maximum atomic E-state index is 13.1. The van der Waals surface area contributed by atoms with E-state index in [0.717, 1.165) is 0 Å². The van der Waals surface area contributed by atoms with Gasteiger partial charge in [-0.05, 0) is 38.0 Å². The van der Waals surface area contributed by atoms with Gasteiger partial charge in [0.1, 0.15) is 0 Å². The summed E-state index contributed by atoms with van der Waals surface area (Å²) in [5.74, 6) is 0.273. The molecule has 7 heteroatoms. The van der Waals surface area contributed by atoms with E-state index in [4.69, 9.17) is 4.74 Å². The molecule has 0 bridgehead atoms. The summed E-state index contributed by atoms with van der Waals surface area (Å²) in [6.45, 7) is 3.55. The van der Waals surface area contributed by atoms with Gasteiger partial charge in [0.15, 0.2) is 11.5 Å². The van der Waals surface area contributed by atoms with Crippen LogP contribution in [0.15, 0.2) is 47.4 Å². The van der Waals surface area contributed by atoms with Gasteiger partial charge in [-0.2, -0.15) is 4.31 Å². The number of methoxy groups -OCH3 is 1. The Morgan fingerprint density at radius 2 is 1.85 bits per heavy atom. The maximum Gasteiger partial charge on any atom is 0.244 e. The molecule has 0 aliphatic carbocycles. The van der Waals surface area contributed by atoms with E-state index in [-0.39, 0.29) is 23.1 Å². The lowest BCUT2D eigenvalue weighted by molar-refractivity contribution is 0.0681. The topological polar surface area (TPSA) is 87.1 Å². The summed E-state index contributed by atoms with van der Waals surface area (Å²) in [4.78, 5) is 0.132. The Morgan fingerprint density at radius 1 is 1.15 bits per heavy atom. The molecule has 2 N–H and O–H groups in total. The van der Waals surface area contributed by atoms with Crippen molar-refractivity contribution in [1.29, 1.82) is 0 Å². The highest BCUT2D eigenvalue weighted by molar-refractivity contribution is 7.89. The summed E-state index contributed by atoms with van der Waals surface area (Å²) >= 11 is 0. The number of aliphatic hydroxyl groups excluding tert-OH is 1. The van der Waals surface area contributed by atoms with Gasteiger partial charge < -0.3 is 14.9 Å². The van der Waals surface area contributed by atoms with E-state index in [9.17, 15) is 18.6 Å². The predicted molar refractivity (Wildman–Crippen MR) is 97.7 cm³/mol. The molecule has 1 heterocycles. The number of sulfonamides is 1. The number of aliphatic hydroxyl groups is 1. The zero-order valence-electron chi connectivity index (χ0n) is 15.0. The van der Waals surface area contributed by atoms with Gasteiger partial charge in [-0.1, -0.05) is 30.3 Å². The average Bonchev–Trinajstić information content (AvgIpc) is 2.60. The number of fused-ring (bicyclic) bond motifs is 1. The van der Waals surface area contributed by atoms with Crippen LogP contribution in [0.3, 0.4) is 0 Å². The van der Waals surface area contributed by atoms with Crippen LogP contribution in [0.2, 0.25) is 0 Å². The van der Waals surface area contributed by atoms with Crippen LogP contribution in [0.1, 0.15) is 31.1 Å². The number of phenolic OH excluding ortho intramolecular Hbond substituents is 1. The van der Waals surface area contributed by atoms with Crippen LogP contribution >= 0.6 is 0 Å². The Balaban J connectivity index is 2.11. The third-order valence-electron chi connectivity index (χ3n) is 4.72. The fourth-order valence-corrected chi connectivity index (χ4v) is 5.65. The molecule has 0 aromatic heterocycles. The molecule has 0 saturated heterocycles.